The number of nitrogens with one attached hydrogen (secondary N) is 1. The summed E-state index contributed by atoms with van der Waals surface area (Å²) in [4.78, 5) is 10.1. The SMILES string of the molecule is CC(C)(O)CNCCCC(=O)O. The van der Waals surface area contributed by atoms with Crippen LogP contribution >= 0.6 is 0 Å². The van der Waals surface area contributed by atoms with Crippen LogP contribution in [0.5, 0.6) is 0 Å². The Kier molecular flexibility index (Phi) is 4.85. The molecule has 4 heteroatoms. The van der Waals surface area contributed by atoms with E-state index in [1.165, 1.54) is 0 Å². The van der Waals surface area contributed by atoms with E-state index in [1.54, 1.807) is 13.8 Å². The second-order valence-corrected chi connectivity index (χ2v) is 3.49. The summed E-state index contributed by atoms with van der Waals surface area (Å²) >= 11 is 0. The minimum atomic E-state index is -0.778. The van der Waals surface area contributed by atoms with Crippen LogP contribution in [0.3, 0.4) is 0 Å². The number of hydrogen-bond acceptors (Lipinski definition) is 3. The van der Waals surface area contributed by atoms with Gasteiger partial charge in [-0.2, -0.15) is 0 Å². The van der Waals surface area contributed by atoms with E-state index in [-0.39, 0.29) is 6.42 Å². The highest BCUT2D eigenvalue weighted by Gasteiger charge is 2.10. The van der Waals surface area contributed by atoms with E-state index < -0.39 is 11.6 Å². The average molecular weight is 175 g/mol. The molecule has 0 fully saturated rings. The lowest BCUT2D eigenvalue weighted by Crippen LogP contribution is -2.35. The van der Waals surface area contributed by atoms with Crippen molar-refractivity contribution in [1.82, 2.24) is 5.32 Å². The molecule has 0 heterocycles. The molecule has 0 aromatic rings. The van der Waals surface area contributed by atoms with Gasteiger partial charge in [0.2, 0.25) is 0 Å². The van der Waals surface area contributed by atoms with Crippen LogP contribution in [-0.2, 0) is 4.79 Å². The van der Waals surface area contributed by atoms with Crippen LogP contribution in [0.25, 0.3) is 0 Å². The quantitative estimate of drug-likeness (QED) is 0.505. The van der Waals surface area contributed by atoms with E-state index in [4.69, 9.17) is 5.11 Å². The molecule has 0 spiro atoms. The van der Waals surface area contributed by atoms with Crippen molar-refractivity contribution in [3.8, 4) is 0 Å². The smallest absolute Gasteiger partial charge is 0.303 e. The molecule has 12 heavy (non-hydrogen) atoms. The lowest BCUT2D eigenvalue weighted by atomic mass is 10.1. The normalized spacial score (nSPS) is 11.6. The van der Waals surface area contributed by atoms with Crippen LogP contribution in [0.1, 0.15) is 26.7 Å². The summed E-state index contributed by atoms with van der Waals surface area (Å²) in [7, 11) is 0. The third kappa shape index (κ3) is 9.39. The Labute approximate surface area is 72.6 Å². The molecule has 0 aliphatic carbocycles. The number of aliphatic carboxylic acids is 1. The molecule has 3 N–H and O–H groups in total. The van der Waals surface area contributed by atoms with Crippen molar-refractivity contribution in [3.63, 3.8) is 0 Å². The topological polar surface area (TPSA) is 69.6 Å². The van der Waals surface area contributed by atoms with E-state index in [0.717, 1.165) is 0 Å². The second kappa shape index (κ2) is 5.11. The van der Waals surface area contributed by atoms with Crippen LogP contribution in [0.2, 0.25) is 0 Å². The maximum atomic E-state index is 10.1. The van der Waals surface area contributed by atoms with Crippen molar-refractivity contribution in [2.45, 2.75) is 32.3 Å². The van der Waals surface area contributed by atoms with Crippen LogP contribution in [-0.4, -0.2) is 34.9 Å². The van der Waals surface area contributed by atoms with E-state index >= 15 is 0 Å². The monoisotopic (exact) mass is 175 g/mol. The average Bonchev–Trinajstić information content (AvgIpc) is 1.83. The molecular formula is C8H17NO3. The molecule has 0 amide bonds. The number of aliphatic hydroxyl groups is 1. The fraction of sp³-hybridized carbons (Fsp3) is 0.875. The van der Waals surface area contributed by atoms with Crippen LogP contribution < -0.4 is 5.32 Å². The van der Waals surface area contributed by atoms with Gasteiger partial charge < -0.3 is 15.5 Å². The van der Waals surface area contributed by atoms with Gasteiger partial charge in [-0.15, -0.1) is 0 Å². The number of carboxylic acid groups (broad SMARTS) is 1. The first-order valence-electron chi connectivity index (χ1n) is 4.07. The van der Waals surface area contributed by atoms with Crippen molar-refractivity contribution in [1.29, 1.82) is 0 Å². The van der Waals surface area contributed by atoms with Gasteiger partial charge in [0.25, 0.3) is 0 Å². The molecule has 0 rings (SSSR count). The zero-order chi connectivity index (χ0) is 9.61. The molecule has 0 bridgehead atoms. The van der Waals surface area contributed by atoms with Gasteiger partial charge >= 0.3 is 5.97 Å². The summed E-state index contributed by atoms with van der Waals surface area (Å²) in [5.74, 6) is -0.778. The number of hydrogen-bond donors (Lipinski definition) is 3. The van der Waals surface area contributed by atoms with Gasteiger partial charge in [-0.25, -0.2) is 0 Å². The van der Waals surface area contributed by atoms with Crippen molar-refractivity contribution < 1.29 is 15.0 Å². The first-order valence-corrected chi connectivity index (χ1v) is 4.07. The highest BCUT2D eigenvalue weighted by atomic mass is 16.4. The van der Waals surface area contributed by atoms with Crippen molar-refractivity contribution in [2.24, 2.45) is 0 Å². The molecule has 4 nitrogen and oxygen atoms in total. The fourth-order valence-corrected chi connectivity index (χ4v) is 0.759. The summed E-state index contributed by atoms with van der Waals surface area (Å²) in [5, 5.41) is 20.5. The third-order valence-corrected chi connectivity index (χ3v) is 1.30. The second-order valence-electron chi connectivity index (χ2n) is 3.49. The maximum Gasteiger partial charge on any atom is 0.303 e. The minimum absolute atomic E-state index is 0.179. The van der Waals surface area contributed by atoms with E-state index in [1.807, 2.05) is 0 Å². The van der Waals surface area contributed by atoms with Gasteiger partial charge in [0.1, 0.15) is 0 Å². The summed E-state index contributed by atoms with van der Waals surface area (Å²) < 4.78 is 0. The van der Waals surface area contributed by atoms with Gasteiger partial charge in [0.05, 0.1) is 5.60 Å². The zero-order valence-corrected chi connectivity index (χ0v) is 7.63. The Morgan fingerprint density at radius 2 is 2.08 bits per heavy atom. The Hall–Kier alpha value is -0.610. The molecule has 0 saturated heterocycles. The summed E-state index contributed by atoms with van der Waals surface area (Å²) in [6.07, 6.45) is 0.782. The lowest BCUT2D eigenvalue weighted by Gasteiger charge is -2.17. The van der Waals surface area contributed by atoms with E-state index in [9.17, 15) is 9.90 Å². The molecular weight excluding hydrogens is 158 g/mol. The Balaban J connectivity index is 3.17. The Bertz CT molecular complexity index is 140. The predicted octanol–water partition coefficient (Wildman–Crippen LogP) is 0.212. The summed E-state index contributed by atoms with van der Waals surface area (Å²) in [5.41, 5.74) is -0.719. The highest BCUT2D eigenvalue weighted by molar-refractivity contribution is 5.66. The van der Waals surface area contributed by atoms with Gasteiger partial charge in [-0.1, -0.05) is 0 Å². The summed E-state index contributed by atoms with van der Waals surface area (Å²) in [6.45, 7) is 4.54. The fourth-order valence-electron chi connectivity index (χ4n) is 0.759. The molecule has 0 aromatic heterocycles. The maximum absolute atomic E-state index is 10.1. The molecule has 0 unspecified atom stereocenters. The third-order valence-electron chi connectivity index (χ3n) is 1.30. The molecule has 72 valence electrons. The number of carboxylic acids is 1. The van der Waals surface area contributed by atoms with Crippen LogP contribution in [0.4, 0.5) is 0 Å². The van der Waals surface area contributed by atoms with Gasteiger partial charge in [0, 0.05) is 13.0 Å². The Morgan fingerprint density at radius 3 is 2.50 bits per heavy atom. The highest BCUT2D eigenvalue weighted by Crippen LogP contribution is 1.97. The van der Waals surface area contributed by atoms with Gasteiger partial charge in [-0.3, -0.25) is 4.79 Å². The first kappa shape index (κ1) is 11.4. The first-order chi connectivity index (χ1) is 5.42. The van der Waals surface area contributed by atoms with Crippen molar-refractivity contribution in [2.75, 3.05) is 13.1 Å². The van der Waals surface area contributed by atoms with Crippen LogP contribution in [0.15, 0.2) is 0 Å². The molecule has 0 aromatic carbocycles. The van der Waals surface area contributed by atoms with Crippen LogP contribution in [0, 0.1) is 0 Å². The summed E-state index contributed by atoms with van der Waals surface area (Å²) in [6, 6.07) is 0. The van der Waals surface area contributed by atoms with E-state index in [2.05, 4.69) is 5.32 Å². The minimum Gasteiger partial charge on any atom is -0.481 e. The molecule has 0 saturated carbocycles. The van der Waals surface area contributed by atoms with Crippen molar-refractivity contribution >= 4 is 5.97 Å². The van der Waals surface area contributed by atoms with E-state index in [0.29, 0.717) is 19.5 Å². The van der Waals surface area contributed by atoms with Gasteiger partial charge in [0.15, 0.2) is 0 Å². The largest absolute Gasteiger partial charge is 0.481 e. The lowest BCUT2D eigenvalue weighted by molar-refractivity contribution is -0.137. The molecule has 0 atom stereocenters. The Morgan fingerprint density at radius 1 is 1.50 bits per heavy atom. The standard InChI is InChI=1S/C8H17NO3/c1-8(2,12)6-9-5-3-4-7(10)11/h9,12H,3-6H2,1-2H3,(H,10,11). The zero-order valence-electron chi connectivity index (χ0n) is 7.63. The number of carbonyl (C=O) groups is 1. The molecule has 0 radical (unpaired) electrons. The predicted molar refractivity (Wildman–Crippen MR) is 46.0 cm³/mol. The van der Waals surface area contributed by atoms with Crippen molar-refractivity contribution in [3.05, 3.63) is 0 Å². The number of rotatable bonds is 6. The van der Waals surface area contributed by atoms with Gasteiger partial charge in [-0.05, 0) is 26.8 Å². The molecule has 0 aliphatic rings. The molecule has 0 aliphatic heterocycles.